The van der Waals surface area contributed by atoms with Crippen molar-refractivity contribution < 1.29 is 9.59 Å². The SMILES string of the molecule is CCCNC(=O)NC(C)(C)C(=O)NCCCc1ccccc1. The molecule has 0 bridgehead atoms. The highest BCUT2D eigenvalue weighted by molar-refractivity contribution is 5.90. The number of aryl methyl sites for hydroxylation is 1. The molecule has 0 radical (unpaired) electrons. The van der Waals surface area contributed by atoms with E-state index in [1.807, 2.05) is 25.1 Å². The molecule has 0 aliphatic carbocycles. The van der Waals surface area contributed by atoms with Gasteiger partial charge in [0, 0.05) is 13.1 Å². The second kappa shape index (κ2) is 9.07. The summed E-state index contributed by atoms with van der Waals surface area (Å²) < 4.78 is 0. The fraction of sp³-hybridized carbons (Fsp3) is 0.529. The minimum Gasteiger partial charge on any atom is -0.354 e. The zero-order chi connectivity index (χ0) is 16.4. The van der Waals surface area contributed by atoms with Crippen molar-refractivity contribution in [1.82, 2.24) is 16.0 Å². The standard InChI is InChI=1S/C17H27N3O2/c1-4-12-19-16(22)20-17(2,3)15(21)18-13-8-11-14-9-6-5-7-10-14/h5-7,9-10H,4,8,11-13H2,1-3H3,(H,18,21)(H2,19,20,22). The lowest BCUT2D eigenvalue weighted by atomic mass is 10.0. The molecular weight excluding hydrogens is 278 g/mol. The lowest BCUT2D eigenvalue weighted by Crippen LogP contribution is -2.57. The predicted molar refractivity (Wildman–Crippen MR) is 88.7 cm³/mol. The fourth-order valence-corrected chi connectivity index (χ4v) is 1.98. The summed E-state index contributed by atoms with van der Waals surface area (Å²) in [4.78, 5) is 23.8. The maximum atomic E-state index is 12.1. The van der Waals surface area contributed by atoms with Crippen LogP contribution in [-0.2, 0) is 11.2 Å². The molecule has 0 aliphatic rings. The van der Waals surface area contributed by atoms with Crippen LogP contribution in [0.1, 0.15) is 39.2 Å². The van der Waals surface area contributed by atoms with E-state index in [1.165, 1.54) is 5.56 Å². The lowest BCUT2D eigenvalue weighted by molar-refractivity contribution is -0.126. The number of hydrogen-bond acceptors (Lipinski definition) is 2. The highest BCUT2D eigenvalue weighted by Gasteiger charge is 2.28. The molecule has 0 heterocycles. The molecule has 0 atom stereocenters. The molecule has 0 saturated heterocycles. The van der Waals surface area contributed by atoms with Gasteiger partial charge in [0.15, 0.2) is 0 Å². The zero-order valence-corrected chi connectivity index (χ0v) is 13.7. The molecule has 3 amide bonds. The van der Waals surface area contributed by atoms with E-state index in [4.69, 9.17) is 0 Å². The van der Waals surface area contributed by atoms with Crippen LogP contribution in [0.25, 0.3) is 0 Å². The first-order valence-electron chi connectivity index (χ1n) is 7.84. The van der Waals surface area contributed by atoms with Gasteiger partial charge in [0.05, 0.1) is 0 Å². The molecule has 1 aromatic carbocycles. The van der Waals surface area contributed by atoms with Gasteiger partial charge >= 0.3 is 6.03 Å². The number of carbonyl (C=O) groups is 2. The molecule has 3 N–H and O–H groups in total. The lowest BCUT2D eigenvalue weighted by Gasteiger charge is -2.25. The first kappa shape index (κ1) is 18.0. The topological polar surface area (TPSA) is 70.2 Å². The van der Waals surface area contributed by atoms with Crippen LogP contribution in [0.15, 0.2) is 30.3 Å². The van der Waals surface area contributed by atoms with Crippen LogP contribution >= 0.6 is 0 Å². The number of amides is 3. The van der Waals surface area contributed by atoms with E-state index in [0.717, 1.165) is 19.3 Å². The molecule has 122 valence electrons. The van der Waals surface area contributed by atoms with Gasteiger partial charge in [-0.15, -0.1) is 0 Å². The monoisotopic (exact) mass is 305 g/mol. The van der Waals surface area contributed by atoms with Gasteiger partial charge in [-0.25, -0.2) is 4.79 Å². The van der Waals surface area contributed by atoms with Crippen molar-refractivity contribution in [2.24, 2.45) is 0 Å². The maximum Gasteiger partial charge on any atom is 0.315 e. The molecule has 1 aromatic rings. The number of nitrogens with one attached hydrogen (secondary N) is 3. The Morgan fingerprint density at radius 3 is 2.36 bits per heavy atom. The summed E-state index contributed by atoms with van der Waals surface area (Å²) in [5.74, 6) is -0.174. The van der Waals surface area contributed by atoms with Crippen LogP contribution in [-0.4, -0.2) is 30.6 Å². The van der Waals surface area contributed by atoms with Crippen LogP contribution in [0.4, 0.5) is 4.79 Å². The van der Waals surface area contributed by atoms with Gasteiger partial charge < -0.3 is 16.0 Å². The Bertz CT molecular complexity index is 472. The van der Waals surface area contributed by atoms with Crippen LogP contribution in [0.2, 0.25) is 0 Å². The largest absolute Gasteiger partial charge is 0.354 e. The molecule has 5 heteroatoms. The van der Waals surface area contributed by atoms with Gasteiger partial charge in [-0.3, -0.25) is 4.79 Å². The molecule has 5 nitrogen and oxygen atoms in total. The normalized spacial score (nSPS) is 10.9. The minimum absolute atomic E-state index is 0.174. The average molecular weight is 305 g/mol. The Balaban J connectivity index is 2.29. The quantitative estimate of drug-likeness (QED) is 0.645. The van der Waals surface area contributed by atoms with Gasteiger partial charge in [0.25, 0.3) is 0 Å². The van der Waals surface area contributed by atoms with Crippen LogP contribution in [0.5, 0.6) is 0 Å². The van der Waals surface area contributed by atoms with Crippen molar-refractivity contribution in [3.8, 4) is 0 Å². The Morgan fingerprint density at radius 2 is 1.73 bits per heavy atom. The molecule has 0 spiro atoms. The summed E-state index contributed by atoms with van der Waals surface area (Å²) in [5.41, 5.74) is 0.331. The van der Waals surface area contributed by atoms with Crippen LogP contribution < -0.4 is 16.0 Å². The van der Waals surface area contributed by atoms with Gasteiger partial charge in [0.1, 0.15) is 5.54 Å². The summed E-state index contributed by atoms with van der Waals surface area (Å²) in [6.45, 7) is 6.57. The van der Waals surface area contributed by atoms with Gasteiger partial charge in [-0.2, -0.15) is 0 Å². The average Bonchev–Trinajstić information content (AvgIpc) is 2.49. The van der Waals surface area contributed by atoms with E-state index >= 15 is 0 Å². The molecular formula is C17H27N3O2. The molecule has 0 saturated carbocycles. The number of rotatable bonds is 8. The summed E-state index contributed by atoms with van der Waals surface area (Å²) in [6.07, 6.45) is 2.65. The van der Waals surface area contributed by atoms with E-state index in [2.05, 4.69) is 28.1 Å². The number of hydrogen-bond donors (Lipinski definition) is 3. The third-order valence-corrected chi connectivity index (χ3v) is 3.30. The molecule has 1 rings (SSSR count). The number of carbonyl (C=O) groups excluding carboxylic acids is 2. The summed E-state index contributed by atoms with van der Waals surface area (Å²) in [5, 5.41) is 8.26. The first-order valence-corrected chi connectivity index (χ1v) is 7.84. The second-order valence-corrected chi connectivity index (χ2v) is 5.85. The van der Waals surface area contributed by atoms with Crippen molar-refractivity contribution in [3.63, 3.8) is 0 Å². The zero-order valence-electron chi connectivity index (χ0n) is 13.7. The fourth-order valence-electron chi connectivity index (χ4n) is 1.98. The summed E-state index contributed by atoms with van der Waals surface area (Å²) in [6, 6.07) is 9.84. The maximum absolute atomic E-state index is 12.1. The predicted octanol–water partition coefficient (Wildman–Crippen LogP) is 2.22. The summed E-state index contributed by atoms with van der Waals surface area (Å²) >= 11 is 0. The van der Waals surface area contributed by atoms with E-state index in [9.17, 15) is 9.59 Å². The van der Waals surface area contributed by atoms with Gasteiger partial charge in [0.2, 0.25) is 5.91 Å². The molecule has 22 heavy (non-hydrogen) atoms. The summed E-state index contributed by atoms with van der Waals surface area (Å²) in [7, 11) is 0. The van der Waals surface area contributed by atoms with Crippen LogP contribution in [0, 0.1) is 0 Å². The Labute approximate surface area is 132 Å². The van der Waals surface area contributed by atoms with Gasteiger partial charge in [-0.05, 0) is 38.7 Å². The van der Waals surface area contributed by atoms with Crippen molar-refractivity contribution in [3.05, 3.63) is 35.9 Å². The smallest absolute Gasteiger partial charge is 0.315 e. The van der Waals surface area contributed by atoms with Crippen molar-refractivity contribution in [2.45, 2.75) is 45.6 Å². The van der Waals surface area contributed by atoms with E-state index < -0.39 is 5.54 Å². The van der Waals surface area contributed by atoms with E-state index in [-0.39, 0.29) is 11.9 Å². The van der Waals surface area contributed by atoms with E-state index in [0.29, 0.717) is 13.1 Å². The highest BCUT2D eigenvalue weighted by Crippen LogP contribution is 2.04. The molecule has 0 aliphatic heterocycles. The molecule has 0 unspecified atom stereocenters. The second-order valence-electron chi connectivity index (χ2n) is 5.85. The van der Waals surface area contributed by atoms with Crippen molar-refractivity contribution >= 4 is 11.9 Å². The number of benzene rings is 1. The minimum atomic E-state index is -0.926. The number of urea groups is 1. The van der Waals surface area contributed by atoms with Crippen LogP contribution in [0.3, 0.4) is 0 Å². The highest BCUT2D eigenvalue weighted by atomic mass is 16.2. The molecule has 0 fully saturated rings. The van der Waals surface area contributed by atoms with E-state index in [1.54, 1.807) is 13.8 Å². The third kappa shape index (κ3) is 6.61. The Hall–Kier alpha value is -2.04. The Kier molecular flexibility index (Phi) is 7.43. The third-order valence-electron chi connectivity index (χ3n) is 3.30. The molecule has 0 aromatic heterocycles. The Morgan fingerprint density at radius 1 is 1.05 bits per heavy atom. The first-order chi connectivity index (χ1) is 10.5. The van der Waals surface area contributed by atoms with Crippen molar-refractivity contribution in [2.75, 3.05) is 13.1 Å². The van der Waals surface area contributed by atoms with Crippen molar-refractivity contribution in [1.29, 1.82) is 0 Å². The van der Waals surface area contributed by atoms with Gasteiger partial charge in [-0.1, -0.05) is 37.3 Å².